The number of hydrogen-bond acceptors (Lipinski definition) is 4. The van der Waals surface area contributed by atoms with Crippen molar-refractivity contribution in [2.45, 2.75) is 45.1 Å². The van der Waals surface area contributed by atoms with Crippen LogP contribution in [0.5, 0.6) is 5.75 Å². The van der Waals surface area contributed by atoms with Gasteiger partial charge in [0.25, 0.3) is 0 Å². The van der Waals surface area contributed by atoms with Crippen LogP contribution in [-0.4, -0.2) is 44.4 Å². The van der Waals surface area contributed by atoms with Crippen LogP contribution in [0.3, 0.4) is 0 Å². The normalized spacial score (nSPS) is 16.2. The molecule has 6 nitrogen and oxygen atoms in total. The summed E-state index contributed by atoms with van der Waals surface area (Å²) in [6, 6.07) is 12.6. The van der Waals surface area contributed by atoms with E-state index < -0.39 is 10.0 Å². The zero-order chi connectivity index (χ0) is 21.2. The second-order valence-corrected chi connectivity index (χ2v) is 9.18. The number of carbonyl (C=O) groups is 1. The number of anilines is 1. The molecule has 7 heteroatoms. The predicted octanol–water partition coefficient (Wildman–Crippen LogP) is 3.38. The van der Waals surface area contributed by atoms with Crippen molar-refractivity contribution in [3.05, 3.63) is 53.6 Å². The lowest BCUT2D eigenvalue weighted by Crippen LogP contribution is -2.45. The molecule has 156 valence electrons. The number of carbonyl (C=O) groups excluding carboxylic acids is 1. The highest BCUT2D eigenvalue weighted by Gasteiger charge is 2.34. The quantitative estimate of drug-likeness (QED) is 0.694. The number of sulfonamides is 1. The number of amides is 1. The molecule has 0 saturated carbocycles. The molecule has 0 fully saturated rings. The summed E-state index contributed by atoms with van der Waals surface area (Å²) in [5.41, 5.74) is 2.73. The molecule has 0 radical (unpaired) electrons. The Morgan fingerprint density at radius 1 is 1.21 bits per heavy atom. The molecule has 1 aliphatic rings. The lowest BCUT2D eigenvalue weighted by Gasteiger charge is -2.27. The summed E-state index contributed by atoms with van der Waals surface area (Å²) in [5.74, 6) is 0.448. The van der Waals surface area contributed by atoms with E-state index >= 15 is 0 Å². The van der Waals surface area contributed by atoms with Crippen molar-refractivity contribution in [1.82, 2.24) is 4.31 Å². The van der Waals surface area contributed by atoms with Crippen LogP contribution < -0.4 is 9.64 Å². The maximum atomic E-state index is 13.2. The molecule has 0 aliphatic carbocycles. The summed E-state index contributed by atoms with van der Waals surface area (Å²) < 4.78 is 33.1. The van der Waals surface area contributed by atoms with Gasteiger partial charge in [0.1, 0.15) is 5.75 Å². The molecule has 2 aromatic rings. The van der Waals surface area contributed by atoms with E-state index in [1.54, 1.807) is 24.0 Å². The van der Waals surface area contributed by atoms with Gasteiger partial charge in [0.15, 0.2) is 0 Å². The minimum Gasteiger partial charge on any atom is -0.494 e. The van der Waals surface area contributed by atoms with Gasteiger partial charge in [-0.2, -0.15) is 4.31 Å². The van der Waals surface area contributed by atoms with Crippen molar-refractivity contribution >= 4 is 21.6 Å². The Labute approximate surface area is 173 Å². The van der Waals surface area contributed by atoms with Crippen LogP contribution in [0, 0.1) is 6.92 Å². The Morgan fingerprint density at radius 3 is 2.59 bits per heavy atom. The number of para-hydroxylation sites is 1. The van der Waals surface area contributed by atoms with Crippen molar-refractivity contribution in [2.75, 3.05) is 24.6 Å². The van der Waals surface area contributed by atoms with Crippen molar-refractivity contribution in [3.8, 4) is 5.75 Å². The van der Waals surface area contributed by atoms with E-state index in [1.165, 1.54) is 10.4 Å². The zero-order valence-corrected chi connectivity index (χ0v) is 18.2. The van der Waals surface area contributed by atoms with Crippen LogP contribution in [0.4, 0.5) is 5.69 Å². The number of hydrogen-bond donors (Lipinski definition) is 0. The monoisotopic (exact) mass is 416 g/mol. The number of ether oxygens (including phenoxy) is 1. The van der Waals surface area contributed by atoms with Crippen LogP contribution in [0.1, 0.15) is 31.9 Å². The van der Waals surface area contributed by atoms with Crippen LogP contribution >= 0.6 is 0 Å². The number of nitrogens with zero attached hydrogens (tertiary/aromatic N) is 2. The maximum absolute atomic E-state index is 13.2. The van der Waals surface area contributed by atoms with Crippen molar-refractivity contribution in [3.63, 3.8) is 0 Å². The molecule has 0 aromatic heterocycles. The lowest BCUT2D eigenvalue weighted by molar-refractivity contribution is -0.119. The highest BCUT2D eigenvalue weighted by molar-refractivity contribution is 7.89. The Bertz CT molecular complexity index is 1000. The van der Waals surface area contributed by atoms with Crippen molar-refractivity contribution in [2.24, 2.45) is 0 Å². The van der Waals surface area contributed by atoms with Gasteiger partial charge in [-0.15, -0.1) is 0 Å². The Hall–Kier alpha value is -2.38. The summed E-state index contributed by atoms with van der Waals surface area (Å²) >= 11 is 0. The van der Waals surface area contributed by atoms with Gasteiger partial charge in [0.2, 0.25) is 15.9 Å². The second kappa shape index (κ2) is 8.55. The van der Waals surface area contributed by atoms with E-state index in [9.17, 15) is 13.2 Å². The van der Waals surface area contributed by atoms with Gasteiger partial charge in [0.05, 0.1) is 18.0 Å². The smallest absolute Gasteiger partial charge is 0.243 e. The maximum Gasteiger partial charge on any atom is 0.243 e. The van der Waals surface area contributed by atoms with E-state index in [1.807, 2.05) is 45.0 Å². The largest absolute Gasteiger partial charge is 0.494 e. The summed E-state index contributed by atoms with van der Waals surface area (Å²) in [6.45, 7) is 7.96. The van der Waals surface area contributed by atoms with Gasteiger partial charge in [-0.3, -0.25) is 4.79 Å². The van der Waals surface area contributed by atoms with Gasteiger partial charge in [-0.1, -0.05) is 25.1 Å². The number of benzene rings is 2. The van der Waals surface area contributed by atoms with E-state index in [0.717, 1.165) is 23.2 Å². The molecule has 0 N–H and O–H groups in total. The minimum absolute atomic E-state index is 0.00836. The third-order valence-corrected chi connectivity index (χ3v) is 7.14. The summed E-state index contributed by atoms with van der Waals surface area (Å²) in [7, 11) is -3.79. The topological polar surface area (TPSA) is 66.9 Å². The van der Waals surface area contributed by atoms with E-state index in [0.29, 0.717) is 12.4 Å². The van der Waals surface area contributed by atoms with Crippen molar-refractivity contribution < 1.29 is 17.9 Å². The van der Waals surface area contributed by atoms with Crippen LogP contribution in [-0.2, 0) is 21.2 Å². The third-order valence-electron chi connectivity index (χ3n) is 5.22. The fraction of sp³-hybridized carbons (Fsp3) is 0.409. The second-order valence-electron chi connectivity index (χ2n) is 7.24. The number of rotatable bonds is 7. The standard InChI is InChI=1S/C22H28N2O4S/c1-5-23(29(26,27)19-11-12-21(28-6-2)16(3)13-19)15-22(25)24-17(4)14-18-9-7-8-10-20(18)24/h7-13,17H,5-6,14-15H2,1-4H3/t17-/m0/s1. The third kappa shape index (κ3) is 4.16. The molecule has 0 unspecified atom stereocenters. The highest BCUT2D eigenvalue weighted by Crippen LogP contribution is 2.32. The van der Waals surface area contributed by atoms with E-state index in [4.69, 9.17) is 4.74 Å². The highest BCUT2D eigenvalue weighted by atomic mass is 32.2. The molecule has 1 atom stereocenters. The molecule has 29 heavy (non-hydrogen) atoms. The zero-order valence-electron chi connectivity index (χ0n) is 17.4. The summed E-state index contributed by atoms with van der Waals surface area (Å²) in [6.07, 6.45) is 0.777. The molecule has 3 rings (SSSR count). The first kappa shape index (κ1) is 21.3. The van der Waals surface area contributed by atoms with E-state index in [2.05, 4.69) is 0 Å². The fourth-order valence-electron chi connectivity index (χ4n) is 3.79. The average molecular weight is 417 g/mol. The predicted molar refractivity (Wildman–Crippen MR) is 114 cm³/mol. The number of aryl methyl sites for hydroxylation is 1. The molecular weight excluding hydrogens is 388 g/mol. The van der Waals surface area contributed by atoms with Gasteiger partial charge in [-0.05, 0) is 62.6 Å². The first-order chi connectivity index (χ1) is 13.8. The van der Waals surface area contributed by atoms with Crippen molar-refractivity contribution in [1.29, 1.82) is 0 Å². The Balaban J connectivity index is 1.84. The van der Waals surface area contributed by atoms with Crippen LogP contribution in [0.15, 0.2) is 47.4 Å². The molecule has 1 heterocycles. The fourth-order valence-corrected chi connectivity index (χ4v) is 5.27. The average Bonchev–Trinajstić information content (AvgIpc) is 3.03. The van der Waals surface area contributed by atoms with Gasteiger partial charge in [0, 0.05) is 18.3 Å². The first-order valence-corrected chi connectivity index (χ1v) is 11.4. The molecule has 0 saturated heterocycles. The summed E-state index contributed by atoms with van der Waals surface area (Å²) in [4.78, 5) is 15.0. The Kier molecular flexibility index (Phi) is 6.29. The lowest BCUT2D eigenvalue weighted by atomic mass is 10.1. The van der Waals surface area contributed by atoms with E-state index in [-0.39, 0.29) is 29.9 Å². The molecule has 1 amide bonds. The first-order valence-electron chi connectivity index (χ1n) is 9.93. The molecule has 2 aromatic carbocycles. The Morgan fingerprint density at radius 2 is 1.93 bits per heavy atom. The number of fused-ring (bicyclic) bond motifs is 1. The summed E-state index contributed by atoms with van der Waals surface area (Å²) in [5, 5.41) is 0. The van der Waals surface area contributed by atoms with Gasteiger partial charge >= 0.3 is 0 Å². The molecule has 1 aliphatic heterocycles. The molecular formula is C22H28N2O4S. The van der Waals surface area contributed by atoms with Crippen LogP contribution in [0.25, 0.3) is 0 Å². The van der Waals surface area contributed by atoms with Gasteiger partial charge < -0.3 is 9.64 Å². The number of likely N-dealkylation sites (N-methyl/N-ethyl adjacent to an activating group) is 1. The SMILES string of the molecule is CCOc1ccc(S(=O)(=O)N(CC)CC(=O)N2c3ccccc3C[C@@H]2C)cc1C. The van der Waals surface area contributed by atoms with Gasteiger partial charge in [-0.25, -0.2) is 8.42 Å². The van der Waals surface area contributed by atoms with Crippen LogP contribution in [0.2, 0.25) is 0 Å². The molecule has 0 spiro atoms. The molecule has 0 bridgehead atoms. The minimum atomic E-state index is -3.79.